The lowest BCUT2D eigenvalue weighted by atomic mass is 10.1. The number of piperidine rings is 1. The van der Waals surface area contributed by atoms with Crippen molar-refractivity contribution in [3.8, 4) is 0 Å². The van der Waals surface area contributed by atoms with E-state index < -0.39 is 4.92 Å². The van der Waals surface area contributed by atoms with Gasteiger partial charge >= 0.3 is 0 Å². The van der Waals surface area contributed by atoms with Crippen molar-refractivity contribution in [2.45, 2.75) is 25.6 Å². The van der Waals surface area contributed by atoms with Gasteiger partial charge in [0.05, 0.1) is 22.5 Å². The number of thiophene rings is 1. The zero-order valence-corrected chi connectivity index (χ0v) is 13.9. The molecule has 1 fully saturated rings. The first-order chi connectivity index (χ1) is 11.6. The number of amides is 1. The Morgan fingerprint density at radius 3 is 3.00 bits per heavy atom. The second-order valence-corrected chi connectivity index (χ2v) is 6.68. The molecule has 1 atom stereocenters. The number of benzene rings is 1. The van der Waals surface area contributed by atoms with Crippen molar-refractivity contribution in [3.05, 3.63) is 62.3 Å². The average Bonchev–Trinajstić information content (AvgIpc) is 3.14. The highest BCUT2D eigenvalue weighted by Gasteiger charge is 2.25. The second kappa shape index (κ2) is 7.55. The van der Waals surface area contributed by atoms with Gasteiger partial charge in [0.2, 0.25) is 0 Å². The number of non-ortho nitro benzene ring substituents is 1. The molecular weight excluding hydrogens is 328 g/mol. The van der Waals surface area contributed by atoms with Crippen molar-refractivity contribution in [1.82, 2.24) is 4.90 Å². The molecule has 24 heavy (non-hydrogen) atoms. The van der Waals surface area contributed by atoms with Gasteiger partial charge in [-0.05, 0) is 29.9 Å². The van der Waals surface area contributed by atoms with E-state index in [1.54, 1.807) is 6.07 Å². The van der Waals surface area contributed by atoms with Crippen LogP contribution < -0.4 is 0 Å². The van der Waals surface area contributed by atoms with Crippen LogP contribution in [-0.4, -0.2) is 34.9 Å². The standard InChI is InChI=1S/C17H18N2O4S/c20-17(16-7-3-9-24-16)18-8-2-6-15(11-18)23-12-13-4-1-5-14(10-13)19(21)22/h1,3-5,7,9-10,15H,2,6,8,11-12H2/t15-/m0/s1. The molecule has 0 aliphatic carbocycles. The third-order valence-corrected chi connectivity index (χ3v) is 4.86. The summed E-state index contributed by atoms with van der Waals surface area (Å²) in [5.74, 6) is 0.0497. The summed E-state index contributed by atoms with van der Waals surface area (Å²) >= 11 is 1.44. The zero-order chi connectivity index (χ0) is 16.9. The number of nitro benzene ring substituents is 1. The van der Waals surface area contributed by atoms with Gasteiger partial charge in [-0.15, -0.1) is 11.3 Å². The lowest BCUT2D eigenvalue weighted by molar-refractivity contribution is -0.385. The van der Waals surface area contributed by atoms with E-state index >= 15 is 0 Å². The van der Waals surface area contributed by atoms with Gasteiger partial charge < -0.3 is 9.64 Å². The monoisotopic (exact) mass is 346 g/mol. The van der Waals surface area contributed by atoms with E-state index in [9.17, 15) is 14.9 Å². The Labute approximate surface area is 143 Å². The number of hydrogen-bond donors (Lipinski definition) is 0. The molecule has 126 valence electrons. The summed E-state index contributed by atoms with van der Waals surface area (Å²) in [6.45, 7) is 1.62. The molecule has 0 saturated carbocycles. The Morgan fingerprint density at radius 2 is 2.25 bits per heavy atom. The van der Waals surface area contributed by atoms with E-state index in [4.69, 9.17) is 4.74 Å². The SMILES string of the molecule is O=C(c1cccs1)N1CCC[C@H](OCc2cccc([N+](=O)[O-])c2)C1. The third kappa shape index (κ3) is 3.98. The molecule has 1 saturated heterocycles. The Kier molecular flexibility index (Phi) is 5.22. The smallest absolute Gasteiger partial charge is 0.269 e. The van der Waals surface area contributed by atoms with Crippen molar-refractivity contribution in [2.75, 3.05) is 13.1 Å². The van der Waals surface area contributed by atoms with Gasteiger partial charge in [-0.25, -0.2) is 0 Å². The number of carbonyl (C=O) groups excluding carboxylic acids is 1. The zero-order valence-electron chi connectivity index (χ0n) is 13.1. The number of likely N-dealkylation sites (tertiary alicyclic amines) is 1. The first kappa shape index (κ1) is 16.6. The van der Waals surface area contributed by atoms with Gasteiger partial charge in [0, 0.05) is 25.2 Å². The normalized spacial score (nSPS) is 17.7. The Bertz CT molecular complexity index is 717. The van der Waals surface area contributed by atoms with Crippen molar-refractivity contribution in [3.63, 3.8) is 0 Å². The summed E-state index contributed by atoms with van der Waals surface area (Å²) in [5, 5.41) is 12.7. The topological polar surface area (TPSA) is 72.7 Å². The maximum atomic E-state index is 12.4. The molecular formula is C17H18N2O4S. The van der Waals surface area contributed by atoms with Crippen LogP contribution in [0.5, 0.6) is 0 Å². The van der Waals surface area contributed by atoms with Crippen LogP contribution in [0.25, 0.3) is 0 Å². The Morgan fingerprint density at radius 1 is 1.38 bits per heavy atom. The summed E-state index contributed by atoms with van der Waals surface area (Å²) in [6.07, 6.45) is 1.75. The van der Waals surface area contributed by atoms with Crippen LogP contribution in [-0.2, 0) is 11.3 Å². The highest BCUT2D eigenvalue weighted by atomic mass is 32.1. The molecule has 0 bridgehead atoms. The molecule has 0 unspecified atom stereocenters. The molecule has 0 spiro atoms. The molecule has 1 aromatic carbocycles. The third-order valence-electron chi connectivity index (χ3n) is 4.00. The average molecular weight is 346 g/mol. The largest absolute Gasteiger partial charge is 0.372 e. The molecule has 2 heterocycles. The van der Waals surface area contributed by atoms with Crippen LogP contribution in [0, 0.1) is 10.1 Å². The van der Waals surface area contributed by atoms with Gasteiger partial charge in [-0.1, -0.05) is 18.2 Å². The maximum Gasteiger partial charge on any atom is 0.269 e. The number of hydrogen-bond acceptors (Lipinski definition) is 5. The molecule has 6 nitrogen and oxygen atoms in total. The Balaban J connectivity index is 1.57. The fourth-order valence-corrected chi connectivity index (χ4v) is 3.48. The van der Waals surface area contributed by atoms with Gasteiger partial charge in [-0.2, -0.15) is 0 Å². The number of ether oxygens (including phenoxy) is 1. The van der Waals surface area contributed by atoms with Gasteiger partial charge in [0.1, 0.15) is 0 Å². The van der Waals surface area contributed by atoms with Crippen molar-refractivity contribution in [1.29, 1.82) is 0 Å². The first-order valence-electron chi connectivity index (χ1n) is 7.81. The molecule has 0 N–H and O–H groups in total. The number of nitrogens with zero attached hydrogens (tertiary/aromatic N) is 2. The molecule has 3 rings (SSSR count). The minimum Gasteiger partial charge on any atom is -0.372 e. The molecule has 1 aliphatic heterocycles. The van der Waals surface area contributed by atoms with Gasteiger partial charge in [-0.3, -0.25) is 14.9 Å². The molecule has 0 radical (unpaired) electrons. The predicted molar refractivity (Wildman–Crippen MR) is 91.1 cm³/mol. The van der Waals surface area contributed by atoms with Crippen LogP contribution in [0.1, 0.15) is 28.1 Å². The van der Waals surface area contributed by atoms with Crippen molar-refractivity contribution >= 4 is 22.9 Å². The van der Waals surface area contributed by atoms with E-state index in [0.717, 1.165) is 29.8 Å². The van der Waals surface area contributed by atoms with Gasteiger partial charge in [0.25, 0.3) is 11.6 Å². The van der Waals surface area contributed by atoms with Crippen LogP contribution >= 0.6 is 11.3 Å². The Hall–Kier alpha value is -2.25. The molecule has 2 aromatic rings. The van der Waals surface area contributed by atoms with E-state index in [-0.39, 0.29) is 17.7 Å². The predicted octanol–water partition coefficient (Wildman–Crippen LogP) is 3.48. The lowest BCUT2D eigenvalue weighted by Gasteiger charge is -2.32. The van der Waals surface area contributed by atoms with E-state index in [1.807, 2.05) is 28.5 Å². The van der Waals surface area contributed by atoms with E-state index in [1.165, 1.54) is 23.5 Å². The number of nitro groups is 1. The summed E-state index contributed by atoms with van der Waals surface area (Å²) in [7, 11) is 0. The maximum absolute atomic E-state index is 12.4. The summed E-state index contributed by atoms with van der Waals surface area (Å²) in [5.41, 5.74) is 0.833. The van der Waals surface area contributed by atoms with Crippen LogP contribution in [0.4, 0.5) is 5.69 Å². The number of carbonyl (C=O) groups is 1. The molecule has 1 aliphatic rings. The van der Waals surface area contributed by atoms with Gasteiger partial charge in [0.15, 0.2) is 0 Å². The summed E-state index contributed by atoms with van der Waals surface area (Å²) < 4.78 is 5.89. The molecule has 1 amide bonds. The van der Waals surface area contributed by atoms with E-state index in [2.05, 4.69) is 0 Å². The highest BCUT2D eigenvalue weighted by Crippen LogP contribution is 2.20. The molecule has 7 heteroatoms. The van der Waals surface area contributed by atoms with Crippen LogP contribution in [0.15, 0.2) is 41.8 Å². The summed E-state index contributed by atoms with van der Waals surface area (Å²) in [6, 6.07) is 10.2. The lowest BCUT2D eigenvalue weighted by Crippen LogP contribution is -2.42. The highest BCUT2D eigenvalue weighted by molar-refractivity contribution is 7.12. The van der Waals surface area contributed by atoms with Crippen LogP contribution in [0.3, 0.4) is 0 Å². The minimum atomic E-state index is -0.411. The second-order valence-electron chi connectivity index (χ2n) is 5.73. The van der Waals surface area contributed by atoms with Crippen molar-refractivity contribution in [2.24, 2.45) is 0 Å². The quantitative estimate of drug-likeness (QED) is 0.614. The first-order valence-corrected chi connectivity index (χ1v) is 8.69. The van der Waals surface area contributed by atoms with Crippen LogP contribution in [0.2, 0.25) is 0 Å². The fourth-order valence-electron chi connectivity index (χ4n) is 2.79. The molecule has 1 aromatic heterocycles. The fraction of sp³-hybridized carbons (Fsp3) is 0.353. The number of rotatable bonds is 5. The summed E-state index contributed by atoms with van der Waals surface area (Å²) in [4.78, 5) is 25.4. The minimum absolute atomic E-state index is 0.0399. The van der Waals surface area contributed by atoms with Crippen molar-refractivity contribution < 1.29 is 14.5 Å². The van der Waals surface area contributed by atoms with E-state index in [0.29, 0.717) is 13.2 Å².